The number of nitrogens with zero attached hydrogens (tertiary/aromatic N) is 2. The second kappa shape index (κ2) is 6.04. The van der Waals surface area contributed by atoms with Gasteiger partial charge in [-0.05, 0) is 50.7 Å². The van der Waals surface area contributed by atoms with Gasteiger partial charge >= 0.3 is 0 Å². The molecule has 4 heteroatoms. The second-order valence-corrected chi connectivity index (χ2v) is 6.37. The predicted molar refractivity (Wildman–Crippen MR) is 80.5 cm³/mol. The lowest BCUT2D eigenvalue weighted by atomic mass is 10.1. The van der Waals surface area contributed by atoms with Gasteiger partial charge in [-0.3, -0.25) is 0 Å². The topological polar surface area (TPSA) is 32.5 Å². The summed E-state index contributed by atoms with van der Waals surface area (Å²) < 4.78 is 1.05. The van der Waals surface area contributed by atoms with Crippen molar-refractivity contribution in [2.45, 2.75) is 13.0 Å². The number of anilines is 1. The van der Waals surface area contributed by atoms with E-state index in [1.165, 1.54) is 25.1 Å². The van der Waals surface area contributed by atoms with Gasteiger partial charge in [0.05, 0.1) is 0 Å². The Hall–Kier alpha value is -0.580. The van der Waals surface area contributed by atoms with Gasteiger partial charge in [-0.15, -0.1) is 0 Å². The smallest absolute Gasteiger partial charge is 0.0371 e. The van der Waals surface area contributed by atoms with E-state index in [2.05, 4.69) is 52.0 Å². The predicted octanol–water partition coefficient (Wildman–Crippen LogP) is 2.41. The van der Waals surface area contributed by atoms with Crippen molar-refractivity contribution in [3.8, 4) is 0 Å². The number of nitrogen functional groups attached to an aromatic ring is 1. The molecule has 2 rings (SSSR count). The van der Waals surface area contributed by atoms with Crippen molar-refractivity contribution in [2.24, 2.45) is 5.92 Å². The van der Waals surface area contributed by atoms with Crippen LogP contribution in [-0.4, -0.2) is 43.5 Å². The van der Waals surface area contributed by atoms with Crippen LogP contribution in [0.4, 0.5) is 5.69 Å². The van der Waals surface area contributed by atoms with Gasteiger partial charge in [0.15, 0.2) is 0 Å². The normalized spacial score (nSPS) is 20.8. The monoisotopic (exact) mass is 311 g/mol. The fourth-order valence-electron chi connectivity index (χ4n) is 2.68. The fraction of sp³-hybridized carbons (Fsp3) is 0.571. The van der Waals surface area contributed by atoms with Crippen LogP contribution in [0.25, 0.3) is 0 Å². The number of hydrogen-bond donors (Lipinski definition) is 1. The van der Waals surface area contributed by atoms with Crippen molar-refractivity contribution < 1.29 is 0 Å². The number of benzene rings is 1. The Bertz CT molecular complexity index is 408. The first-order valence-corrected chi connectivity index (χ1v) is 7.25. The van der Waals surface area contributed by atoms with E-state index in [0.29, 0.717) is 0 Å². The Kier molecular flexibility index (Phi) is 4.65. The average Bonchev–Trinajstić information content (AvgIpc) is 2.68. The Morgan fingerprint density at radius 1 is 1.50 bits per heavy atom. The molecule has 1 aromatic carbocycles. The van der Waals surface area contributed by atoms with E-state index in [1.54, 1.807) is 0 Å². The summed E-state index contributed by atoms with van der Waals surface area (Å²) in [6, 6.07) is 6.14. The lowest BCUT2D eigenvalue weighted by Crippen LogP contribution is -2.27. The first-order valence-electron chi connectivity index (χ1n) is 6.45. The summed E-state index contributed by atoms with van der Waals surface area (Å²) in [7, 11) is 4.38. The summed E-state index contributed by atoms with van der Waals surface area (Å²) in [6.45, 7) is 4.54. The van der Waals surface area contributed by atoms with Crippen molar-refractivity contribution in [1.29, 1.82) is 0 Å². The molecule has 1 heterocycles. The molecule has 1 fully saturated rings. The molecule has 1 aliphatic heterocycles. The van der Waals surface area contributed by atoms with Gasteiger partial charge in [-0.2, -0.15) is 0 Å². The summed E-state index contributed by atoms with van der Waals surface area (Å²) in [5.41, 5.74) is 8.12. The van der Waals surface area contributed by atoms with Gasteiger partial charge in [0, 0.05) is 29.8 Å². The van der Waals surface area contributed by atoms with Gasteiger partial charge in [-0.25, -0.2) is 0 Å². The number of likely N-dealkylation sites (tertiary alicyclic amines) is 1. The zero-order chi connectivity index (χ0) is 13.1. The fourth-order valence-corrected chi connectivity index (χ4v) is 3.06. The van der Waals surface area contributed by atoms with Crippen LogP contribution in [0, 0.1) is 5.92 Å². The Morgan fingerprint density at radius 3 is 2.89 bits per heavy atom. The van der Waals surface area contributed by atoms with Crippen molar-refractivity contribution in [3.05, 3.63) is 28.2 Å². The highest BCUT2D eigenvalue weighted by Crippen LogP contribution is 2.21. The largest absolute Gasteiger partial charge is 0.398 e. The molecule has 3 nitrogen and oxygen atoms in total. The van der Waals surface area contributed by atoms with Crippen LogP contribution in [0.1, 0.15) is 12.0 Å². The van der Waals surface area contributed by atoms with Crippen LogP contribution in [0.5, 0.6) is 0 Å². The molecule has 1 atom stereocenters. The molecule has 1 aliphatic rings. The molecule has 0 bridgehead atoms. The molecule has 0 amide bonds. The second-order valence-electron chi connectivity index (χ2n) is 5.46. The summed E-state index contributed by atoms with van der Waals surface area (Å²) in [6.07, 6.45) is 1.32. The minimum Gasteiger partial charge on any atom is -0.398 e. The van der Waals surface area contributed by atoms with E-state index in [4.69, 9.17) is 5.73 Å². The zero-order valence-corrected chi connectivity index (χ0v) is 12.8. The molecule has 1 unspecified atom stereocenters. The number of hydrogen-bond acceptors (Lipinski definition) is 3. The van der Waals surface area contributed by atoms with Crippen LogP contribution in [-0.2, 0) is 6.54 Å². The van der Waals surface area contributed by atoms with E-state index in [-0.39, 0.29) is 0 Å². The first-order chi connectivity index (χ1) is 8.54. The van der Waals surface area contributed by atoms with E-state index in [0.717, 1.165) is 29.2 Å². The maximum Gasteiger partial charge on any atom is 0.0371 e. The number of halogens is 1. The Morgan fingerprint density at radius 2 is 2.28 bits per heavy atom. The van der Waals surface area contributed by atoms with E-state index in [9.17, 15) is 0 Å². The number of rotatable bonds is 4. The molecular weight excluding hydrogens is 290 g/mol. The van der Waals surface area contributed by atoms with Crippen molar-refractivity contribution in [1.82, 2.24) is 9.80 Å². The van der Waals surface area contributed by atoms with Gasteiger partial charge in [0.2, 0.25) is 0 Å². The number of nitrogens with two attached hydrogens (primary N) is 1. The molecule has 0 saturated carbocycles. The van der Waals surface area contributed by atoms with Crippen molar-refractivity contribution >= 4 is 21.6 Å². The van der Waals surface area contributed by atoms with Crippen LogP contribution in [0.2, 0.25) is 0 Å². The minimum atomic E-state index is 0.802. The van der Waals surface area contributed by atoms with E-state index < -0.39 is 0 Å². The Balaban J connectivity index is 1.88. The van der Waals surface area contributed by atoms with Crippen molar-refractivity contribution in [3.63, 3.8) is 0 Å². The van der Waals surface area contributed by atoms with E-state index >= 15 is 0 Å². The lowest BCUT2D eigenvalue weighted by molar-refractivity contribution is 0.267. The maximum absolute atomic E-state index is 6.04. The Labute approximate surface area is 118 Å². The molecule has 1 saturated heterocycles. The highest BCUT2D eigenvalue weighted by atomic mass is 79.9. The molecule has 0 aliphatic carbocycles. The summed E-state index contributed by atoms with van der Waals surface area (Å²) in [5.74, 6) is 0.802. The third-order valence-corrected chi connectivity index (χ3v) is 4.10. The molecule has 0 aromatic heterocycles. The van der Waals surface area contributed by atoms with Crippen LogP contribution >= 0.6 is 15.9 Å². The molecule has 1 aromatic rings. The highest BCUT2D eigenvalue weighted by Gasteiger charge is 2.20. The van der Waals surface area contributed by atoms with Crippen LogP contribution in [0.15, 0.2) is 22.7 Å². The van der Waals surface area contributed by atoms with Crippen LogP contribution < -0.4 is 5.73 Å². The molecular formula is C14H22BrN3. The molecule has 18 heavy (non-hydrogen) atoms. The quantitative estimate of drug-likeness (QED) is 0.867. The summed E-state index contributed by atoms with van der Waals surface area (Å²) in [4.78, 5) is 4.79. The first kappa shape index (κ1) is 13.8. The van der Waals surface area contributed by atoms with Gasteiger partial charge in [0.25, 0.3) is 0 Å². The molecule has 0 radical (unpaired) electrons. The van der Waals surface area contributed by atoms with E-state index in [1.807, 2.05) is 6.07 Å². The minimum absolute atomic E-state index is 0.802. The molecule has 2 N–H and O–H groups in total. The SMILES string of the molecule is CN1CCC(CN(C)Cc2ccc(Br)cc2N)C1. The van der Waals surface area contributed by atoms with Crippen LogP contribution in [0.3, 0.4) is 0 Å². The highest BCUT2D eigenvalue weighted by molar-refractivity contribution is 9.10. The van der Waals surface area contributed by atoms with Crippen molar-refractivity contribution in [2.75, 3.05) is 39.5 Å². The zero-order valence-electron chi connectivity index (χ0n) is 11.2. The standard InChI is InChI=1S/C14H22BrN3/c1-17-6-5-11(8-17)9-18(2)10-12-3-4-13(15)7-14(12)16/h3-4,7,11H,5-6,8-10,16H2,1-2H3. The molecule has 0 spiro atoms. The molecule has 100 valence electrons. The summed E-state index contributed by atoms with van der Waals surface area (Å²) in [5, 5.41) is 0. The maximum atomic E-state index is 6.04. The third-order valence-electron chi connectivity index (χ3n) is 3.61. The van der Waals surface area contributed by atoms with Gasteiger partial charge in [-0.1, -0.05) is 22.0 Å². The summed E-state index contributed by atoms with van der Waals surface area (Å²) >= 11 is 3.44. The van der Waals surface area contributed by atoms with Gasteiger partial charge in [0.1, 0.15) is 0 Å². The third kappa shape index (κ3) is 3.70. The van der Waals surface area contributed by atoms with Gasteiger partial charge < -0.3 is 15.5 Å². The lowest BCUT2D eigenvalue weighted by Gasteiger charge is -2.21. The average molecular weight is 312 g/mol.